The van der Waals surface area contributed by atoms with E-state index in [1.807, 2.05) is 19.1 Å². The zero-order chi connectivity index (χ0) is 15.4. The maximum absolute atomic E-state index is 12.1. The highest BCUT2D eigenvalue weighted by molar-refractivity contribution is 5.91. The highest BCUT2D eigenvalue weighted by Crippen LogP contribution is 2.29. The van der Waals surface area contributed by atoms with Crippen LogP contribution in [0.2, 0.25) is 0 Å². The topological polar surface area (TPSA) is 73.6 Å². The highest BCUT2D eigenvalue weighted by atomic mass is 16.5. The van der Waals surface area contributed by atoms with E-state index >= 15 is 0 Å². The summed E-state index contributed by atoms with van der Waals surface area (Å²) < 4.78 is 15.4. The summed E-state index contributed by atoms with van der Waals surface area (Å²) in [6.45, 7) is 3.63. The molecule has 1 aromatic carbocycles. The van der Waals surface area contributed by atoms with Crippen molar-refractivity contribution in [2.24, 2.45) is 0 Å². The molecule has 1 N–H and O–H groups in total. The second-order valence-corrected chi connectivity index (χ2v) is 4.64. The van der Waals surface area contributed by atoms with Crippen LogP contribution in [0.15, 0.2) is 28.8 Å². The van der Waals surface area contributed by atoms with E-state index in [9.17, 15) is 4.79 Å². The Morgan fingerprint density at radius 3 is 2.62 bits per heavy atom. The number of hydrogen-bond donors (Lipinski definition) is 1. The predicted molar refractivity (Wildman–Crippen MR) is 76.7 cm³/mol. The summed E-state index contributed by atoms with van der Waals surface area (Å²) in [5, 5.41) is 6.54. The fourth-order valence-electron chi connectivity index (χ4n) is 1.99. The van der Waals surface area contributed by atoms with E-state index in [2.05, 4.69) is 10.5 Å². The number of aromatic nitrogens is 1. The number of carbonyl (C=O) groups excluding carboxylic acids is 1. The maximum Gasteiger partial charge on any atom is 0.290 e. The standard InChI is InChI=1S/C15H18N2O4/c1-9-7-14(21-17-9)15(18)16-10(2)12-6-5-11(19-3)8-13(12)20-4/h5-8,10H,1-4H3,(H,16,18)/t10-/m0/s1. The molecule has 2 aromatic rings. The Morgan fingerprint density at radius 2 is 2.05 bits per heavy atom. The van der Waals surface area contributed by atoms with Gasteiger partial charge in [0, 0.05) is 17.7 Å². The van der Waals surface area contributed by atoms with Crippen molar-refractivity contribution in [1.82, 2.24) is 10.5 Å². The van der Waals surface area contributed by atoms with Crippen molar-refractivity contribution in [2.45, 2.75) is 19.9 Å². The third kappa shape index (κ3) is 3.34. The first-order valence-electron chi connectivity index (χ1n) is 6.51. The van der Waals surface area contributed by atoms with Gasteiger partial charge < -0.3 is 19.3 Å². The fraction of sp³-hybridized carbons (Fsp3) is 0.333. The SMILES string of the molecule is COc1ccc([C@H](C)NC(=O)c2cc(C)no2)c(OC)c1. The van der Waals surface area contributed by atoms with Crippen molar-refractivity contribution in [3.63, 3.8) is 0 Å². The molecular formula is C15H18N2O4. The molecule has 1 heterocycles. The molecule has 112 valence electrons. The largest absolute Gasteiger partial charge is 0.497 e. The molecule has 0 aliphatic carbocycles. The summed E-state index contributed by atoms with van der Waals surface area (Å²) in [5.74, 6) is 1.21. The molecule has 0 radical (unpaired) electrons. The van der Waals surface area contributed by atoms with Gasteiger partial charge in [-0.3, -0.25) is 4.79 Å². The summed E-state index contributed by atoms with van der Waals surface area (Å²) in [6, 6.07) is 6.79. The van der Waals surface area contributed by atoms with E-state index in [1.54, 1.807) is 33.3 Å². The molecule has 0 unspecified atom stereocenters. The van der Waals surface area contributed by atoms with E-state index in [0.29, 0.717) is 17.2 Å². The molecular weight excluding hydrogens is 272 g/mol. The zero-order valence-electron chi connectivity index (χ0n) is 12.5. The van der Waals surface area contributed by atoms with E-state index < -0.39 is 0 Å². The number of benzene rings is 1. The number of ether oxygens (including phenoxy) is 2. The lowest BCUT2D eigenvalue weighted by Crippen LogP contribution is -2.26. The van der Waals surface area contributed by atoms with Gasteiger partial charge in [-0.25, -0.2) is 0 Å². The molecule has 1 aromatic heterocycles. The minimum atomic E-state index is -0.319. The van der Waals surface area contributed by atoms with Gasteiger partial charge in [0.2, 0.25) is 5.76 Å². The summed E-state index contributed by atoms with van der Waals surface area (Å²) in [6.07, 6.45) is 0. The molecule has 6 heteroatoms. The molecule has 0 spiro atoms. The van der Waals surface area contributed by atoms with Crippen molar-refractivity contribution in [3.05, 3.63) is 41.3 Å². The van der Waals surface area contributed by atoms with Crippen LogP contribution in [0, 0.1) is 6.92 Å². The smallest absolute Gasteiger partial charge is 0.290 e. The maximum atomic E-state index is 12.1. The van der Waals surface area contributed by atoms with Crippen LogP contribution in [-0.4, -0.2) is 25.3 Å². The highest BCUT2D eigenvalue weighted by Gasteiger charge is 2.18. The number of nitrogens with one attached hydrogen (secondary N) is 1. The molecule has 6 nitrogen and oxygen atoms in total. The van der Waals surface area contributed by atoms with Gasteiger partial charge in [0.1, 0.15) is 11.5 Å². The lowest BCUT2D eigenvalue weighted by molar-refractivity contribution is 0.0902. The van der Waals surface area contributed by atoms with Gasteiger partial charge in [0.15, 0.2) is 0 Å². The first-order valence-corrected chi connectivity index (χ1v) is 6.51. The molecule has 1 amide bonds. The van der Waals surface area contributed by atoms with Crippen LogP contribution in [0.4, 0.5) is 0 Å². The predicted octanol–water partition coefficient (Wildman–Crippen LogP) is 2.49. The second kappa shape index (κ2) is 6.30. The summed E-state index contributed by atoms with van der Waals surface area (Å²) in [7, 11) is 3.17. The molecule has 0 saturated heterocycles. The van der Waals surface area contributed by atoms with E-state index in [1.165, 1.54) is 0 Å². The van der Waals surface area contributed by atoms with Crippen molar-refractivity contribution in [3.8, 4) is 11.5 Å². The molecule has 2 rings (SSSR count). The molecule has 0 aliphatic rings. The quantitative estimate of drug-likeness (QED) is 0.915. The minimum absolute atomic E-state index is 0.187. The van der Waals surface area contributed by atoms with Gasteiger partial charge in [-0.1, -0.05) is 5.16 Å². The molecule has 1 atom stereocenters. The molecule has 0 saturated carbocycles. The first-order chi connectivity index (χ1) is 10.0. The van der Waals surface area contributed by atoms with Crippen LogP contribution < -0.4 is 14.8 Å². The van der Waals surface area contributed by atoms with Gasteiger partial charge in [-0.15, -0.1) is 0 Å². The number of aryl methyl sites for hydroxylation is 1. The zero-order valence-corrected chi connectivity index (χ0v) is 12.5. The summed E-state index contributed by atoms with van der Waals surface area (Å²) in [5.41, 5.74) is 1.51. The molecule has 0 aliphatic heterocycles. The van der Waals surface area contributed by atoms with E-state index in [-0.39, 0.29) is 17.7 Å². The molecule has 0 fully saturated rings. The average molecular weight is 290 g/mol. The van der Waals surface area contributed by atoms with Crippen molar-refractivity contribution < 1.29 is 18.8 Å². The van der Waals surface area contributed by atoms with Crippen molar-refractivity contribution in [2.75, 3.05) is 14.2 Å². The lowest BCUT2D eigenvalue weighted by atomic mass is 10.1. The Morgan fingerprint density at radius 1 is 1.29 bits per heavy atom. The van der Waals surface area contributed by atoms with Gasteiger partial charge >= 0.3 is 0 Å². The lowest BCUT2D eigenvalue weighted by Gasteiger charge is -2.17. The third-order valence-electron chi connectivity index (χ3n) is 3.11. The molecule has 21 heavy (non-hydrogen) atoms. The van der Waals surface area contributed by atoms with Crippen LogP contribution in [0.5, 0.6) is 11.5 Å². The number of methoxy groups -OCH3 is 2. The summed E-state index contributed by atoms with van der Waals surface area (Å²) >= 11 is 0. The van der Waals surface area contributed by atoms with Gasteiger partial charge in [-0.2, -0.15) is 0 Å². The number of hydrogen-bond acceptors (Lipinski definition) is 5. The van der Waals surface area contributed by atoms with Crippen LogP contribution in [-0.2, 0) is 0 Å². The minimum Gasteiger partial charge on any atom is -0.497 e. The van der Waals surface area contributed by atoms with Crippen LogP contribution in [0.1, 0.15) is 34.8 Å². The van der Waals surface area contributed by atoms with Crippen molar-refractivity contribution >= 4 is 5.91 Å². The first kappa shape index (κ1) is 14.9. The van der Waals surface area contributed by atoms with E-state index in [4.69, 9.17) is 14.0 Å². The Labute approximate surface area is 123 Å². The molecule has 0 bridgehead atoms. The second-order valence-electron chi connectivity index (χ2n) is 4.64. The van der Waals surface area contributed by atoms with Crippen molar-refractivity contribution in [1.29, 1.82) is 0 Å². The summed E-state index contributed by atoms with van der Waals surface area (Å²) in [4.78, 5) is 12.1. The number of amides is 1. The van der Waals surface area contributed by atoms with Crippen LogP contribution in [0.25, 0.3) is 0 Å². The Kier molecular flexibility index (Phi) is 4.47. The monoisotopic (exact) mass is 290 g/mol. The Bertz CT molecular complexity index is 636. The third-order valence-corrected chi connectivity index (χ3v) is 3.11. The van der Waals surface area contributed by atoms with Gasteiger partial charge in [0.05, 0.1) is 26.0 Å². The number of rotatable bonds is 5. The number of carbonyl (C=O) groups is 1. The average Bonchev–Trinajstić information content (AvgIpc) is 2.93. The normalized spacial score (nSPS) is 11.8. The van der Waals surface area contributed by atoms with Gasteiger partial charge in [-0.05, 0) is 26.0 Å². The van der Waals surface area contributed by atoms with Crippen LogP contribution in [0.3, 0.4) is 0 Å². The fourth-order valence-corrected chi connectivity index (χ4v) is 1.99. The van der Waals surface area contributed by atoms with Crippen LogP contribution >= 0.6 is 0 Å². The van der Waals surface area contributed by atoms with E-state index in [0.717, 1.165) is 5.56 Å². The Hall–Kier alpha value is -2.50. The van der Waals surface area contributed by atoms with Gasteiger partial charge in [0.25, 0.3) is 5.91 Å². The number of nitrogens with zero attached hydrogens (tertiary/aromatic N) is 1. The Balaban J connectivity index is 2.16.